The SMILES string of the molecule is Brc1ccccc1-c1nc2c3c(ncn2n1)-c1ccccc1CC31CCCC1. The van der Waals surface area contributed by atoms with E-state index in [1.807, 2.05) is 29.0 Å². The van der Waals surface area contributed by atoms with Crippen LogP contribution in [0.1, 0.15) is 36.8 Å². The van der Waals surface area contributed by atoms with Crippen LogP contribution in [0.2, 0.25) is 0 Å². The topological polar surface area (TPSA) is 43.1 Å². The van der Waals surface area contributed by atoms with Crippen molar-refractivity contribution in [3.05, 3.63) is 70.5 Å². The van der Waals surface area contributed by atoms with Gasteiger partial charge in [0.1, 0.15) is 6.33 Å². The van der Waals surface area contributed by atoms with E-state index in [0.717, 1.165) is 33.6 Å². The van der Waals surface area contributed by atoms with Crippen LogP contribution >= 0.6 is 15.9 Å². The molecule has 5 heteroatoms. The third kappa shape index (κ3) is 2.26. The Bertz CT molecular complexity index is 1220. The lowest BCUT2D eigenvalue weighted by molar-refractivity contribution is 0.433. The second-order valence-electron chi connectivity index (χ2n) is 7.97. The summed E-state index contributed by atoms with van der Waals surface area (Å²) in [5, 5.41) is 4.78. The molecule has 28 heavy (non-hydrogen) atoms. The normalized spacial score (nSPS) is 17.0. The van der Waals surface area contributed by atoms with E-state index >= 15 is 0 Å². The van der Waals surface area contributed by atoms with Gasteiger partial charge in [0.25, 0.3) is 0 Å². The van der Waals surface area contributed by atoms with Gasteiger partial charge in [-0.25, -0.2) is 14.5 Å². The van der Waals surface area contributed by atoms with Crippen molar-refractivity contribution in [2.24, 2.45) is 0 Å². The summed E-state index contributed by atoms with van der Waals surface area (Å²) in [6.45, 7) is 0. The fraction of sp³-hybridized carbons (Fsp3) is 0.261. The number of rotatable bonds is 1. The number of nitrogens with zero attached hydrogens (tertiary/aromatic N) is 4. The molecule has 2 aromatic carbocycles. The lowest BCUT2D eigenvalue weighted by Crippen LogP contribution is -2.31. The summed E-state index contributed by atoms with van der Waals surface area (Å²) in [6.07, 6.45) is 7.85. The molecule has 4 nitrogen and oxygen atoms in total. The van der Waals surface area contributed by atoms with Gasteiger partial charge < -0.3 is 0 Å². The highest BCUT2D eigenvalue weighted by atomic mass is 79.9. The molecule has 0 amide bonds. The van der Waals surface area contributed by atoms with Crippen molar-refractivity contribution in [2.75, 3.05) is 0 Å². The highest BCUT2D eigenvalue weighted by Gasteiger charge is 2.43. The summed E-state index contributed by atoms with van der Waals surface area (Å²) in [5.41, 5.74) is 7.18. The molecule has 2 aliphatic carbocycles. The number of hydrogen-bond acceptors (Lipinski definition) is 3. The molecule has 0 N–H and O–H groups in total. The third-order valence-electron chi connectivity index (χ3n) is 6.39. The number of fused-ring (bicyclic) bond motifs is 6. The second-order valence-corrected chi connectivity index (χ2v) is 8.83. The number of hydrogen-bond donors (Lipinski definition) is 0. The maximum absolute atomic E-state index is 5.03. The van der Waals surface area contributed by atoms with Crippen LogP contribution in [0.15, 0.2) is 59.3 Å². The molecule has 2 aromatic heterocycles. The van der Waals surface area contributed by atoms with Gasteiger partial charge in [0.2, 0.25) is 0 Å². The lowest BCUT2D eigenvalue weighted by Gasteiger charge is -2.36. The molecule has 4 aromatic rings. The molecule has 0 radical (unpaired) electrons. The Hall–Kier alpha value is -2.53. The number of halogens is 1. The van der Waals surface area contributed by atoms with Gasteiger partial charge in [-0.3, -0.25) is 0 Å². The molecule has 0 atom stereocenters. The van der Waals surface area contributed by atoms with Crippen LogP contribution in [-0.4, -0.2) is 19.6 Å². The largest absolute Gasteiger partial charge is 0.236 e. The van der Waals surface area contributed by atoms with Crippen LogP contribution in [0, 0.1) is 0 Å². The van der Waals surface area contributed by atoms with Crippen LogP contribution in [-0.2, 0) is 11.8 Å². The maximum atomic E-state index is 5.03. The molecule has 1 saturated carbocycles. The van der Waals surface area contributed by atoms with Crippen LogP contribution < -0.4 is 0 Å². The van der Waals surface area contributed by atoms with E-state index in [2.05, 4.69) is 46.3 Å². The van der Waals surface area contributed by atoms with E-state index in [-0.39, 0.29) is 5.41 Å². The zero-order chi connectivity index (χ0) is 18.7. The summed E-state index contributed by atoms with van der Waals surface area (Å²) >= 11 is 3.64. The standard InChI is InChI=1S/C23H19BrN4/c24-18-10-4-3-9-17(18)21-26-22-19-20(25-14-28(22)27-21)16-8-2-1-7-15(16)13-23(19)11-5-6-12-23/h1-4,7-10,14H,5-6,11-13H2. The molecule has 0 bridgehead atoms. The lowest BCUT2D eigenvalue weighted by atomic mass is 9.68. The summed E-state index contributed by atoms with van der Waals surface area (Å²) < 4.78 is 2.88. The second kappa shape index (κ2) is 5.98. The zero-order valence-corrected chi connectivity index (χ0v) is 17.0. The van der Waals surface area contributed by atoms with Gasteiger partial charge in [-0.05, 0) is 37.0 Å². The van der Waals surface area contributed by atoms with Gasteiger partial charge in [0.05, 0.1) is 5.69 Å². The fourth-order valence-corrected chi connectivity index (χ4v) is 5.61. The van der Waals surface area contributed by atoms with E-state index in [9.17, 15) is 0 Å². The molecule has 1 spiro atoms. The predicted molar refractivity (Wildman–Crippen MR) is 113 cm³/mol. The minimum Gasteiger partial charge on any atom is -0.236 e. The smallest absolute Gasteiger partial charge is 0.183 e. The van der Waals surface area contributed by atoms with E-state index < -0.39 is 0 Å². The zero-order valence-electron chi connectivity index (χ0n) is 15.4. The van der Waals surface area contributed by atoms with Crippen molar-refractivity contribution in [3.8, 4) is 22.6 Å². The van der Waals surface area contributed by atoms with Crippen LogP contribution in [0.25, 0.3) is 28.3 Å². The highest BCUT2D eigenvalue weighted by molar-refractivity contribution is 9.10. The minimum atomic E-state index is 0.136. The molecular formula is C23H19BrN4. The summed E-state index contributed by atoms with van der Waals surface area (Å²) in [6, 6.07) is 16.8. The van der Waals surface area contributed by atoms with Crippen molar-refractivity contribution in [1.29, 1.82) is 0 Å². The Morgan fingerprint density at radius 1 is 0.929 bits per heavy atom. The first-order valence-corrected chi connectivity index (χ1v) is 10.6. The summed E-state index contributed by atoms with van der Waals surface area (Å²) in [4.78, 5) is 9.92. The first-order chi connectivity index (χ1) is 13.8. The number of benzene rings is 2. The molecule has 2 aliphatic rings. The van der Waals surface area contributed by atoms with Crippen molar-refractivity contribution in [3.63, 3.8) is 0 Å². The monoisotopic (exact) mass is 430 g/mol. The van der Waals surface area contributed by atoms with Crippen LogP contribution in [0.5, 0.6) is 0 Å². The molecule has 0 aliphatic heterocycles. The van der Waals surface area contributed by atoms with Crippen molar-refractivity contribution >= 4 is 21.6 Å². The van der Waals surface area contributed by atoms with Gasteiger partial charge >= 0.3 is 0 Å². The van der Waals surface area contributed by atoms with E-state index in [1.165, 1.54) is 42.4 Å². The first-order valence-electron chi connectivity index (χ1n) is 9.84. The molecule has 1 fully saturated rings. The molecule has 2 heterocycles. The fourth-order valence-electron chi connectivity index (χ4n) is 5.14. The molecule has 0 saturated heterocycles. The van der Waals surface area contributed by atoms with Crippen molar-refractivity contribution in [1.82, 2.24) is 19.6 Å². The average molecular weight is 431 g/mol. The van der Waals surface area contributed by atoms with Gasteiger partial charge in [0.15, 0.2) is 11.5 Å². The molecule has 0 unspecified atom stereocenters. The van der Waals surface area contributed by atoms with Gasteiger partial charge in [0, 0.05) is 26.6 Å². The maximum Gasteiger partial charge on any atom is 0.183 e. The van der Waals surface area contributed by atoms with Gasteiger partial charge in [-0.15, -0.1) is 5.10 Å². The van der Waals surface area contributed by atoms with Gasteiger partial charge in [-0.2, -0.15) is 0 Å². The van der Waals surface area contributed by atoms with E-state index in [0.29, 0.717) is 0 Å². The van der Waals surface area contributed by atoms with Crippen molar-refractivity contribution < 1.29 is 0 Å². The Morgan fingerprint density at radius 3 is 2.50 bits per heavy atom. The Morgan fingerprint density at radius 2 is 1.68 bits per heavy atom. The van der Waals surface area contributed by atoms with Crippen LogP contribution in [0.3, 0.4) is 0 Å². The summed E-state index contributed by atoms with van der Waals surface area (Å²) in [7, 11) is 0. The molecule has 138 valence electrons. The van der Waals surface area contributed by atoms with E-state index in [4.69, 9.17) is 15.1 Å². The third-order valence-corrected chi connectivity index (χ3v) is 7.09. The number of aromatic nitrogens is 4. The molecular weight excluding hydrogens is 412 g/mol. The Kier molecular flexibility index (Phi) is 3.51. The quantitative estimate of drug-likeness (QED) is 0.395. The van der Waals surface area contributed by atoms with Crippen LogP contribution in [0.4, 0.5) is 0 Å². The van der Waals surface area contributed by atoms with Crippen molar-refractivity contribution in [2.45, 2.75) is 37.5 Å². The Labute approximate surface area is 171 Å². The summed E-state index contributed by atoms with van der Waals surface area (Å²) in [5.74, 6) is 0.745. The average Bonchev–Trinajstić information content (AvgIpc) is 3.35. The first kappa shape index (κ1) is 16.4. The minimum absolute atomic E-state index is 0.136. The highest BCUT2D eigenvalue weighted by Crippen LogP contribution is 2.52. The predicted octanol–water partition coefficient (Wildman–Crippen LogP) is 5.59. The molecule has 6 rings (SSSR count). The van der Waals surface area contributed by atoms with Gasteiger partial charge in [-0.1, -0.05) is 65.2 Å². The van der Waals surface area contributed by atoms with E-state index in [1.54, 1.807) is 0 Å². The Balaban J connectivity index is 1.66.